The molecule has 2 rings (SSSR count). The van der Waals surface area contributed by atoms with Gasteiger partial charge in [0.15, 0.2) is 5.76 Å². The van der Waals surface area contributed by atoms with Gasteiger partial charge in [-0.2, -0.15) is 0 Å². The number of nitrogens with zero attached hydrogens (tertiary/aromatic N) is 1. The number of aromatic nitrogens is 1. The highest BCUT2D eigenvalue weighted by molar-refractivity contribution is 5.75. The maximum Gasteiger partial charge on any atom is 0.323 e. The summed E-state index contributed by atoms with van der Waals surface area (Å²) in [7, 11) is 1.38. The molecule has 0 aromatic carbocycles. The molecule has 0 saturated carbocycles. The van der Waals surface area contributed by atoms with Crippen molar-refractivity contribution in [3.05, 3.63) is 30.2 Å². The second-order valence-electron chi connectivity index (χ2n) is 4.79. The molecule has 0 amide bonds. The quantitative estimate of drug-likeness (QED) is 0.816. The van der Waals surface area contributed by atoms with Crippen LogP contribution in [0.3, 0.4) is 0 Å². The van der Waals surface area contributed by atoms with Gasteiger partial charge in [0, 0.05) is 12.6 Å². The third kappa shape index (κ3) is 3.27. The van der Waals surface area contributed by atoms with Crippen molar-refractivity contribution in [1.82, 2.24) is 10.5 Å². The minimum atomic E-state index is -0.372. The van der Waals surface area contributed by atoms with Gasteiger partial charge in [-0.25, -0.2) is 0 Å². The van der Waals surface area contributed by atoms with E-state index in [4.69, 9.17) is 13.7 Å². The highest BCUT2D eigenvalue weighted by Crippen LogP contribution is 2.20. The van der Waals surface area contributed by atoms with Crippen LogP contribution in [-0.2, 0) is 16.1 Å². The number of hydrogen-bond donors (Lipinski definition) is 1. The molecule has 1 unspecified atom stereocenters. The van der Waals surface area contributed by atoms with Crippen LogP contribution in [0.4, 0.5) is 0 Å². The van der Waals surface area contributed by atoms with Crippen LogP contribution in [0.25, 0.3) is 11.5 Å². The molecule has 0 aliphatic heterocycles. The fourth-order valence-electron chi connectivity index (χ4n) is 1.86. The summed E-state index contributed by atoms with van der Waals surface area (Å²) in [6, 6.07) is 4.98. The maximum absolute atomic E-state index is 11.6. The summed E-state index contributed by atoms with van der Waals surface area (Å²) in [6.07, 6.45) is 1.57. The molecule has 0 bridgehead atoms. The van der Waals surface area contributed by atoms with Crippen molar-refractivity contribution in [2.45, 2.75) is 26.4 Å². The van der Waals surface area contributed by atoms with E-state index in [0.29, 0.717) is 23.8 Å². The largest absolute Gasteiger partial charge is 0.468 e. The number of methoxy groups -OCH3 is 1. The first-order valence-corrected chi connectivity index (χ1v) is 6.42. The van der Waals surface area contributed by atoms with Crippen LogP contribution in [-0.4, -0.2) is 24.3 Å². The van der Waals surface area contributed by atoms with Crippen molar-refractivity contribution in [2.75, 3.05) is 7.11 Å². The number of nitrogens with one attached hydrogen (secondary N) is 1. The van der Waals surface area contributed by atoms with Crippen molar-refractivity contribution in [3.8, 4) is 11.5 Å². The lowest BCUT2D eigenvalue weighted by Crippen LogP contribution is -2.41. The van der Waals surface area contributed by atoms with E-state index >= 15 is 0 Å². The van der Waals surface area contributed by atoms with Crippen LogP contribution in [0.2, 0.25) is 0 Å². The third-order valence-corrected chi connectivity index (χ3v) is 2.95. The van der Waals surface area contributed by atoms with E-state index in [1.807, 2.05) is 13.8 Å². The number of hydrogen-bond acceptors (Lipinski definition) is 6. The van der Waals surface area contributed by atoms with Crippen molar-refractivity contribution in [3.63, 3.8) is 0 Å². The lowest BCUT2D eigenvalue weighted by atomic mass is 10.0. The molecule has 2 heterocycles. The van der Waals surface area contributed by atoms with Crippen LogP contribution < -0.4 is 5.32 Å². The number of carbonyl (C=O) groups is 1. The summed E-state index contributed by atoms with van der Waals surface area (Å²) in [4.78, 5) is 11.6. The summed E-state index contributed by atoms with van der Waals surface area (Å²) in [6.45, 7) is 4.32. The molecule has 0 aliphatic carbocycles. The molecule has 0 radical (unpaired) electrons. The Labute approximate surface area is 117 Å². The van der Waals surface area contributed by atoms with Gasteiger partial charge in [0.2, 0.25) is 5.76 Å². The molecular formula is C14H18N2O4. The standard InChI is InChI=1S/C14H18N2O4/c1-9(2)13(14(17)18-3)15-8-10-7-12(20-16-10)11-5-4-6-19-11/h4-7,9,13,15H,8H2,1-3H3. The lowest BCUT2D eigenvalue weighted by molar-refractivity contribution is -0.144. The van der Waals surface area contributed by atoms with Crippen LogP contribution in [0, 0.1) is 5.92 Å². The summed E-state index contributed by atoms with van der Waals surface area (Å²) in [5, 5.41) is 7.06. The van der Waals surface area contributed by atoms with Gasteiger partial charge in [0.1, 0.15) is 6.04 Å². The normalized spacial score (nSPS) is 12.6. The first-order chi connectivity index (χ1) is 9.61. The molecule has 0 saturated heterocycles. The molecule has 20 heavy (non-hydrogen) atoms. The Morgan fingerprint density at radius 2 is 2.25 bits per heavy atom. The van der Waals surface area contributed by atoms with Crippen molar-refractivity contribution >= 4 is 5.97 Å². The molecule has 0 fully saturated rings. The second kappa shape index (κ2) is 6.38. The van der Waals surface area contributed by atoms with Crippen LogP contribution in [0.1, 0.15) is 19.5 Å². The van der Waals surface area contributed by atoms with Crippen molar-refractivity contribution in [1.29, 1.82) is 0 Å². The SMILES string of the molecule is COC(=O)C(NCc1cc(-c2ccco2)on1)C(C)C. The maximum atomic E-state index is 11.6. The lowest BCUT2D eigenvalue weighted by Gasteiger charge is -2.18. The van der Waals surface area contributed by atoms with Crippen LogP contribution in [0.15, 0.2) is 33.4 Å². The van der Waals surface area contributed by atoms with Gasteiger partial charge in [-0.15, -0.1) is 0 Å². The average molecular weight is 278 g/mol. The Morgan fingerprint density at radius 3 is 2.85 bits per heavy atom. The van der Waals surface area contributed by atoms with Gasteiger partial charge < -0.3 is 13.7 Å². The molecular weight excluding hydrogens is 260 g/mol. The highest BCUT2D eigenvalue weighted by Gasteiger charge is 2.22. The van der Waals surface area contributed by atoms with Gasteiger partial charge >= 0.3 is 5.97 Å². The number of carbonyl (C=O) groups excluding carboxylic acids is 1. The van der Waals surface area contributed by atoms with Gasteiger partial charge in [0.25, 0.3) is 0 Å². The number of furan rings is 1. The predicted molar refractivity (Wildman–Crippen MR) is 71.7 cm³/mol. The molecule has 0 aliphatic rings. The number of rotatable bonds is 6. The van der Waals surface area contributed by atoms with Gasteiger partial charge in [-0.1, -0.05) is 19.0 Å². The van der Waals surface area contributed by atoms with E-state index < -0.39 is 0 Å². The average Bonchev–Trinajstić information content (AvgIpc) is 3.08. The Morgan fingerprint density at radius 1 is 1.45 bits per heavy atom. The Balaban J connectivity index is 1.98. The number of ether oxygens (including phenoxy) is 1. The summed E-state index contributed by atoms with van der Waals surface area (Å²) in [5.74, 6) is 1.02. The molecule has 1 atom stereocenters. The number of esters is 1. The monoisotopic (exact) mass is 278 g/mol. The molecule has 1 N–H and O–H groups in total. The second-order valence-corrected chi connectivity index (χ2v) is 4.79. The summed E-state index contributed by atoms with van der Waals surface area (Å²) >= 11 is 0. The minimum absolute atomic E-state index is 0.124. The summed E-state index contributed by atoms with van der Waals surface area (Å²) < 4.78 is 15.2. The molecule has 6 nitrogen and oxygen atoms in total. The summed E-state index contributed by atoms with van der Waals surface area (Å²) in [5.41, 5.74) is 0.700. The fourth-order valence-corrected chi connectivity index (χ4v) is 1.86. The molecule has 2 aromatic rings. The van der Waals surface area contributed by atoms with Crippen molar-refractivity contribution < 1.29 is 18.5 Å². The smallest absolute Gasteiger partial charge is 0.323 e. The van der Waals surface area contributed by atoms with E-state index in [0.717, 1.165) is 0 Å². The van der Waals surface area contributed by atoms with Crippen LogP contribution in [0.5, 0.6) is 0 Å². The van der Waals surface area contributed by atoms with E-state index in [1.165, 1.54) is 7.11 Å². The molecule has 6 heteroatoms. The van der Waals surface area contributed by atoms with E-state index in [9.17, 15) is 4.79 Å². The topological polar surface area (TPSA) is 77.5 Å². The Hall–Kier alpha value is -2.08. The van der Waals surface area contributed by atoms with E-state index in [1.54, 1.807) is 24.5 Å². The van der Waals surface area contributed by atoms with Gasteiger partial charge in [-0.3, -0.25) is 10.1 Å². The zero-order chi connectivity index (χ0) is 14.5. The zero-order valence-electron chi connectivity index (χ0n) is 11.8. The zero-order valence-corrected chi connectivity index (χ0v) is 11.8. The Bertz CT molecular complexity index is 545. The molecule has 108 valence electrons. The van der Waals surface area contributed by atoms with Crippen molar-refractivity contribution in [2.24, 2.45) is 5.92 Å². The first kappa shape index (κ1) is 14.3. The van der Waals surface area contributed by atoms with Crippen LogP contribution >= 0.6 is 0 Å². The third-order valence-electron chi connectivity index (χ3n) is 2.95. The fraction of sp³-hybridized carbons (Fsp3) is 0.429. The molecule has 0 spiro atoms. The minimum Gasteiger partial charge on any atom is -0.468 e. The van der Waals surface area contributed by atoms with Gasteiger partial charge in [-0.05, 0) is 18.1 Å². The highest BCUT2D eigenvalue weighted by atomic mass is 16.5. The van der Waals surface area contributed by atoms with Gasteiger partial charge in [0.05, 0.1) is 19.1 Å². The predicted octanol–water partition coefficient (Wildman–Crippen LogP) is 2.22. The van der Waals surface area contributed by atoms with E-state index in [2.05, 4.69) is 10.5 Å². The van der Waals surface area contributed by atoms with E-state index in [-0.39, 0.29) is 17.9 Å². The first-order valence-electron chi connectivity index (χ1n) is 6.42. The molecule has 2 aromatic heterocycles. The Kier molecular flexibility index (Phi) is 4.57.